The molecule has 2 atom stereocenters. The molecule has 5 nitrogen and oxygen atoms in total. The fraction of sp³-hybridized carbons (Fsp3) is 0.294. The Balaban J connectivity index is 1.92. The van der Waals surface area contributed by atoms with Crippen LogP contribution in [-0.4, -0.2) is 35.5 Å². The van der Waals surface area contributed by atoms with Gasteiger partial charge in [-0.25, -0.2) is 0 Å². The molecule has 2 aromatic rings. The number of aromatic amines is 1. The van der Waals surface area contributed by atoms with Gasteiger partial charge in [-0.2, -0.15) is 5.26 Å². The quantitative estimate of drug-likeness (QED) is 0.645. The van der Waals surface area contributed by atoms with E-state index in [1.165, 1.54) is 18.1 Å². The predicted octanol–water partition coefficient (Wildman–Crippen LogP) is 2.06. The topological polar surface area (TPSA) is 69.1 Å². The van der Waals surface area contributed by atoms with Crippen molar-refractivity contribution in [2.75, 3.05) is 13.7 Å². The highest BCUT2D eigenvalue weighted by Gasteiger charge is 2.37. The minimum Gasteiger partial charge on any atom is -0.469 e. The van der Waals surface area contributed by atoms with Gasteiger partial charge in [0.05, 0.1) is 19.1 Å². The number of carbonyl (C=O) groups is 1. The highest BCUT2D eigenvalue weighted by atomic mass is 16.5. The summed E-state index contributed by atoms with van der Waals surface area (Å²) in [6, 6.07) is 6.11. The van der Waals surface area contributed by atoms with Crippen molar-refractivity contribution < 1.29 is 9.53 Å². The number of nitrogens with one attached hydrogen (secondary N) is 1. The minimum absolute atomic E-state index is 0.000180. The minimum atomic E-state index is -0.397. The summed E-state index contributed by atoms with van der Waals surface area (Å²) in [7, 11) is 1.38. The Hall–Kier alpha value is -2.74. The largest absolute Gasteiger partial charge is 0.469 e. The number of fused-ring (bicyclic) bond motifs is 2. The summed E-state index contributed by atoms with van der Waals surface area (Å²) in [6.07, 6.45) is 7.03. The van der Waals surface area contributed by atoms with Crippen molar-refractivity contribution >= 4 is 22.4 Å². The monoisotopic (exact) mass is 293 g/mol. The van der Waals surface area contributed by atoms with Gasteiger partial charge in [0.25, 0.3) is 0 Å². The smallest absolute Gasteiger partial charge is 0.314 e. The summed E-state index contributed by atoms with van der Waals surface area (Å²) >= 11 is 0. The lowest BCUT2D eigenvalue weighted by Gasteiger charge is -2.38. The third-order valence-electron chi connectivity index (χ3n) is 4.65. The number of H-pyrrole nitrogens is 1. The molecule has 0 radical (unpaired) electrons. The second-order valence-electron chi connectivity index (χ2n) is 5.77. The summed E-state index contributed by atoms with van der Waals surface area (Å²) in [5, 5.41) is 10.7. The van der Waals surface area contributed by atoms with Gasteiger partial charge in [-0.15, -0.1) is 0 Å². The van der Waals surface area contributed by atoms with E-state index in [4.69, 9.17) is 4.74 Å². The van der Waals surface area contributed by atoms with E-state index in [0.29, 0.717) is 6.54 Å². The van der Waals surface area contributed by atoms with Crippen molar-refractivity contribution in [3.63, 3.8) is 0 Å². The number of nitrogens with zero attached hydrogens (tertiary/aromatic N) is 2. The maximum absolute atomic E-state index is 11.9. The number of ether oxygens (including phenoxy) is 1. The SMILES string of the molecule is COC(=O)C1C=C2c3cccc4[nH]cc(c34)CC2N(C#N)C1. The van der Waals surface area contributed by atoms with Crippen LogP contribution in [0.2, 0.25) is 0 Å². The average molecular weight is 293 g/mol. The molecule has 2 aliphatic rings. The molecule has 0 spiro atoms. The Morgan fingerprint density at radius 2 is 2.36 bits per heavy atom. The fourth-order valence-electron chi connectivity index (χ4n) is 3.65. The molecule has 0 saturated carbocycles. The molecule has 0 saturated heterocycles. The lowest BCUT2D eigenvalue weighted by molar-refractivity contribution is -0.144. The van der Waals surface area contributed by atoms with Crippen molar-refractivity contribution in [3.05, 3.63) is 41.6 Å². The Morgan fingerprint density at radius 3 is 3.14 bits per heavy atom. The number of hydrogen-bond acceptors (Lipinski definition) is 4. The van der Waals surface area contributed by atoms with Crippen LogP contribution in [0.5, 0.6) is 0 Å². The van der Waals surface area contributed by atoms with E-state index in [2.05, 4.69) is 17.2 Å². The highest BCUT2D eigenvalue weighted by molar-refractivity contribution is 5.99. The number of nitriles is 1. The zero-order chi connectivity index (χ0) is 15.3. The third-order valence-corrected chi connectivity index (χ3v) is 4.65. The number of methoxy groups -OCH3 is 1. The zero-order valence-electron chi connectivity index (χ0n) is 12.2. The maximum Gasteiger partial charge on any atom is 0.314 e. The van der Waals surface area contributed by atoms with Crippen LogP contribution >= 0.6 is 0 Å². The van der Waals surface area contributed by atoms with E-state index in [9.17, 15) is 10.1 Å². The van der Waals surface area contributed by atoms with Gasteiger partial charge in [-0.1, -0.05) is 18.2 Å². The Bertz CT molecular complexity index is 843. The van der Waals surface area contributed by atoms with Crippen LogP contribution in [0.3, 0.4) is 0 Å². The van der Waals surface area contributed by atoms with Crippen LogP contribution in [-0.2, 0) is 16.0 Å². The molecular weight excluding hydrogens is 278 g/mol. The molecule has 1 N–H and O–H groups in total. The van der Waals surface area contributed by atoms with Crippen molar-refractivity contribution in [3.8, 4) is 6.19 Å². The molecular formula is C17H15N3O2. The molecule has 22 heavy (non-hydrogen) atoms. The molecule has 1 aromatic carbocycles. The average Bonchev–Trinajstić information content (AvgIpc) is 2.98. The van der Waals surface area contributed by atoms with E-state index in [0.717, 1.165) is 23.1 Å². The summed E-state index contributed by atoms with van der Waals surface area (Å²) in [5.74, 6) is -0.690. The first-order valence-electron chi connectivity index (χ1n) is 7.28. The number of esters is 1. The summed E-state index contributed by atoms with van der Waals surface area (Å²) in [6.45, 7) is 0.382. The van der Waals surface area contributed by atoms with Gasteiger partial charge in [-0.05, 0) is 29.2 Å². The van der Waals surface area contributed by atoms with Crippen LogP contribution in [0.4, 0.5) is 0 Å². The summed E-state index contributed by atoms with van der Waals surface area (Å²) in [4.78, 5) is 16.9. The molecule has 0 fully saturated rings. The molecule has 110 valence electrons. The van der Waals surface area contributed by atoms with E-state index >= 15 is 0 Å². The lowest BCUT2D eigenvalue weighted by Crippen LogP contribution is -2.44. The van der Waals surface area contributed by atoms with Gasteiger partial charge in [0.1, 0.15) is 0 Å². The number of benzene rings is 1. The van der Waals surface area contributed by atoms with E-state index in [1.807, 2.05) is 24.4 Å². The number of rotatable bonds is 1. The van der Waals surface area contributed by atoms with Gasteiger partial charge in [-0.3, -0.25) is 4.79 Å². The molecule has 1 aromatic heterocycles. The maximum atomic E-state index is 11.9. The van der Waals surface area contributed by atoms with Gasteiger partial charge < -0.3 is 14.6 Å². The summed E-state index contributed by atoms with van der Waals surface area (Å²) in [5.41, 5.74) is 4.49. The van der Waals surface area contributed by atoms with Crippen LogP contribution in [0, 0.1) is 17.4 Å². The highest BCUT2D eigenvalue weighted by Crippen LogP contribution is 2.41. The van der Waals surface area contributed by atoms with Crippen LogP contribution in [0.1, 0.15) is 11.1 Å². The Kier molecular flexibility index (Phi) is 2.73. The molecule has 0 bridgehead atoms. The molecule has 1 aliphatic carbocycles. The standard InChI is InChI=1S/C17H15N3O2/c1-22-17(21)11-5-13-12-3-2-4-14-16(12)10(7-19-14)6-15(13)20(8-11)9-18/h2-5,7,11,15,19H,6,8H2,1H3. The summed E-state index contributed by atoms with van der Waals surface area (Å²) < 4.78 is 4.86. The lowest BCUT2D eigenvalue weighted by atomic mass is 9.80. The fourth-order valence-corrected chi connectivity index (χ4v) is 3.65. The van der Waals surface area contributed by atoms with Crippen LogP contribution in [0.15, 0.2) is 30.5 Å². The van der Waals surface area contributed by atoms with Crippen LogP contribution < -0.4 is 0 Å². The third kappa shape index (κ3) is 1.67. The molecule has 1 aliphatic heterocycles. The normalized spacial score (nSPS) is 22.7. The van der Waals surface area contributed by atoms with Crippen LogP contribution in [0.25, 0.3) is 16.5 Å². The first kappa shape index (κ1) is 13.0. The molecule has 5 heteroatoms. The first-order chi connectivity index (χ1) is 10.7. The van der Waals surface area contributed by atoms with Gasteiger partial charge in [0.2, 0.25) is 0 Å². The molecule has 0 amide bonds. The molecule has 2 heterocycles. The number of hydrogen-bond donors (Lipinski definition) is 1. The van der Waals surface area contributed by atoms with Crippen molar-refractivity contribution in [1.82, 2.24) is 9.88 Å². The Morgan fingerprint density at radius 1 is 1.50 bits per heavy atom. The zero-order valence-corrected chi connectivity index (χ0v) is 12.2. The first-order valence-corrected chi connectivity index (χ1v) is 7.28. The second kappa shape index (κ2) is 4.63. The van der Waals surface area contributed by atoms with Gasteiger partial charge in [0.15, 0.2) is 6.19 Å². The van der Waals surface area contributed by atoms with Crippen molar-refractivity contribution in [1.29, 1.82) is 5.26 Å². The predicted molar refractivity (Wildman–Crippen MR) is 81.6 cm³/mol. The van der Waals surface area contributed by atoms with E-state index in [1.54, 1.807) is 4.90 Å². The molecule has 2 unspecified atom stereocenters. The van der Waals surface area contributed by atoms with Gasteiger partial charge in [0, 0.05) is 23.6 Å². The van der Waals surface area contributed by atoms with E-state index < -0.39 is 5.92 Å². The van der Waals surface area contributed by atoms with Crippen molar-refractivity contribution in [2.24, 2.45) is 5.92 Å². The van der Waals surface area contributed by atoms with E-state index in [-0.39, 0.29) is 12.0 Å². The Labute approximate surface area is 127 Å². The van der Waals surface area contributed by atoms with Gasteiger partial charge >= 0.3 is 5.97 Å². The molecule has 4 rings (SSSR count). The second-order valence-corrected chi connectivity index (χ2v) is 5.77. The number of carbonyl (C=O) groups excluding carboxylic acids is 1. The number of aromatic nitrogens is 1. The van der Waals surface area contributed by atoms with Crippen molar-refractivity contribution in [2.45, 2.75) is 12.5 Å².